The molecule has 1 rings (SSSR count). The highest BCUT2D eigenvalue weighted by Gasteiger charge is 2.30. The van der Waals surface area contributed by atoms with Gasteiger partial charge in [-0.2, -0.15) is 0 Å². The molecule has 0 radical (unpaired) electrons. The first-order chi connectivity index (χ1) is 7.07. The average Bonchev–Trinajstić information content (AvgIpc) is 2.26. The second-order valence-electron chi connectivity index (χ2n) is 4.34. The average molecular weight is 214 g/mol. The van der Waals surface area contributed by atoms with E-state index >= 15 is 0 Å². The molecular weight excluding hydrogens is 192 g/mol. The molecule has 1 fully saturated rings. The van der Waals surface area contributed by atoms with Gasteiger partial charge in [0.15, 0.2) is 0 Å². The summed E-state index contributed by atoms with van der Waals surface area (Å²) in [6.45, 7) is 9.23. The van der Waals surface area contributed by atoms with E-state index in [-0.39, 0.29) is 17.9 Å². The lowest BCUT2D eigenvalue weighted by atomic mass is 10.00. The Hall–Kier alpha value is -0.610. The molecular formula is C11H22N2O2. The number of nitrogens with zero attached hydrogens (tertiary/aromatic N) is 1. The molecule has 1 heterocycles. The second kappa shape index (κ2) is 5.47. The quantitative estimate of drug-likeness (QED) is 0.694. The van der Waals surface area contributed by atoms with E-state index in [9.17, 15) is 4.79 Å². The van der Waals surface area contributed by atoms with Crippen LogP contribution in [0.2, 0.25) is 0 Å². The van der Waals surface area contributed by atoms with Crippen LogP contribution in [0.1, 0.15) is 20.8 Å². The standard InChI is InChI=1S/C11H22N2O2/c1-8-7-12-5-6-13(8)10(3)9(2)11(14)15-4/h8-10,12H,5-7H2,1-4H3/t8-,9?,10?/m0/s1. The number of ether oxygens (including phenoxy) is 1. The van der Waals surface area contributed by atoms with Gasteiger partial charge in [0.25, 0.3) is 0 Å². The summed E-state index contributed by atoms with van der Waals surface area (Å²) >= 11 is 0. The predicted octanol–water partition coefficient (Wildman–Crippen LogP) is 0.478. The molecule has 1 aliphatic heterocycles. The Bertz CT molecular complexity index is 221. The first kappa shape index (κ1) is 12.5. The van der Waals surface area contributed by atoms with Crippen LogP contribution in [0.3, 0.4) is 0 Å². The molecule has 0 amide bonds. The highest BCUT2D eigenvalue weighted by Crippen LogP contribution is 2.16. The number of esters is 1. The molecule has 4 heteroatoms. The maximum atomic E-state index is 11.4. The van der Waals surface area contributed by atoms with Gasteiger partial charge >= 0.3 is 5.97 Å². The molecule has 0 aliphatic carbocycles. The lowest BCUT2D eigenvalue weighted by molar-refractivity contribution is -0.147. The summed E-state index contributed by atoms with van der Waals surface area (Å²) in [5.74, 6) is -0.177. The third-order valence-corrected chi connectivity index (χ3v) is 3.37. The van der Waals surface area contributed by atoms with E-state index in [2.05, 4.69) is 24.1 Å². The molecule has 0 aromatic heterocycles. The number of hydrogen-bond donors (Lipinski definition) is 1. The van der Waals surface area contributed by atoms with Crippen molar-refractivity contribution in [1.82, 2.24) is 10.2 Å². The summed E-state index contributed by atoms with van der Waals surface area (Å²) in [7, 11) is 1.45. The number of piperazine rings is 1. The summed E-state index contributed by atoms with van der Waals surface area (Å²) < 4.78 is 4.78. The number of carbonyl (C=O) groups is 1. The fourth-order valence-electron chi connectivity index (χ4n) is 2.13. The molecule has 4 nitrogen and oxygen atoms in total. The van der Waals surface area contributed by atoms with Gasteiger partial charge in [0.05, 0.1) is 13.0 Å². The van der Waals surface area contributed by atoms with E-state index in [1.165, 1.54) is 7.11 Å². The van der Waals surface area contributed by atoms with Crippen LogP contribution in [0.25, 0.3) is 0 Å². The molecule has 0 saturated carbocycles. The van der Waals surface area contributed by atoms with Crippen molar-refractivity contribution in [1.29, 1.82) is 0 Å². The van der Waals surface area contributed by atoms with Gasteiger partial charge in [-0.25, -0.2) is 0 Å². The van der Waals surface area contributed by atoms with Crippen molar-refractivity contribution >= 4 is 5.97 Å². The monoisotopic (exact) mass is 214 g/mol. The van der Waals surface area contributed by atoms with Gasteiger partial charge < -0.3 is 10.1 Å². The van der Waals surface area contributed by atoms with Crippen molar-refractivity contribution in [2.75, 3.05) is 26.7 Å². The van der Waals surface area contributed by atoms with Gasteiger partial charge in [-0.15, -0.1) is 0 Å². The summed E-state index contributed by atoms with van der Waals surface area (Å²) in [5.41, 5.74) is 0. The van der Waals surface area contributed by atoms with Gasteiger partial charge in [-0.1, -0.05) is 6.92 Å². The van der Waals surface area contributed by atoms with Gasteiger partial charge in [0, 0.05) is 31.7 Å². The molecule has 0 spiro atoms. The Balaban J connectivity index is 2.57. The lowest BCUT2D eigenvalue weighted by Gasteiger charge is -2.40. The van der Waals surface area contributed by atoms with E-state index in [0.717, 1.165) is 19.6 Å². The van der Waals surface area contributed by atoms with E-state index in [0.29, 0.717) is 6.04 Å². The van der Waals surface area contributed by atoms with Crippen LogP contribution in [0.15, 0.2) is 0 Å². The zero-order valence-corrected chi connectivity index (χ0v) is 10.1. The van der Waals surface area contributed by atoms with Gasteiger partial charge in [-0.3, -0.25) is 9.69 Å². The molecule has 0 bridgehead atoms. The summed E-state index contributed by atoms with van der Waals surface area (Å²) in [5, 5.41) is 3.34. The van der Waals surface area contributed by atoms with Crippen LogP contribution in [0.5, 0.6) is 0 Å². The van der Waals surface area contributed by atoms with Crippen LogP contribution >= 0.6 is 0 Å². The molecule has 1 saturated heterocycles. The minimum Gasteiger partial charge on any atom is -0.469 e. The Morgan fingerprint density at radius 1 is 1.53 bits per heavy atom. The zero-order chi connectivity index (χ0) is 11.4. The minimum atomic E-state index is -0.117. The summed E-state index contributed by atoms with van der Waals surface area (Å²) in [4.78, 5) is 13.8. The van der Waals surface area contributed by atoms with E-state index in [1.54, 1.807) is 0 Å². The largest absolute Gasteiger partial charge is 0.469 e. The number of nitrogens with one attached hydrogen (secondary N) is 1. The predicted molar refractivity (Wildman–Crippen MR) is 59.7 cm³/mol. The molecule has 3 atom stereocenters. The van der Waals surface area contributed by atoms with Gasteiger partial charge in [0.2, 0.25) is 0 Å². The third-order valence-electron chi connectivity index (χ3n) is 3.37. The van der Waals surface area contributed by atoms with E-state index < -0.39 is 0 Å². The Morgan fingerprint density at radius 2 is 2.20 bits per heavy atom. The number of carbonyl (C=O) groups excluding carboxylic acids is 1. The van der Waals surface area contributed by atoms with Crippen molar-refractivity contribution in [2.45, 2.75) is 32.9 Å². The topological polar surface area (TPSA) is 41.6 Å². The smallest absolute Gasteiger partial charge is 0.309 e. The van der Waals surface area contributed by atoms with Crippen molar-refractivity contribution < 1.29 is 9.53 Å². The molecule has 88 valence electrons. The normalized spacial score (nSPS) is 27.1. The van der Waals surface area contributed by atoms with E-state index in [4.69, 9.17) is 4.74 Å². The van der Waals surface area contributed by atoms with Crippen LogP contribution < -0.4 is 5.32 Å². The van der Waals surface area contributed by atoms with Crippen molar-refractivity contribution in [3.05, 3.63) is 0 Å². The Morgan fingerprint density at radius 3 is 2.73 bits per heavy atom. The molecule has 15 heavy (non-hydrogen) atoms. The van der Waals surface area contributed by atoms with Crippen molar-refractivity contribution in [3.63, 3.8) is 0 Å². The fraction of sp³-hybridized carbons (Fsp3) is 0.909. The highest BCUT2D eigenvalue weighted by atomic mass is 16.5. The van der Waals surface area contributed by atoms with Crippen molar-refractivity contribution in [2.24, 2.45) is 5.92 Å². The Labute approximate surface area is 92.0 Å². The SMILES string of the molecule is COC(=O)C(C)C(C)N1CCNC[C@@H]1C. The lowest BCUT2D eigenvalue weighted by Crippen LogP contribution is -2.55. The molecule has 0 aromatic carbocycles. The van der Waals surface area contributed by atoms with Crippen LogP contribution in [-0.2, 0) is 9.53 Å². The molecule has 0 aromatic rings. The van der Waals surface area contributed by atoms with Gasteiger partial charge in [0.1, 0.15) is 0 Å². The molecule has 1 aliphatic rings. The third kappa shape index (κ3) is 2.92. The maximum Gasteiger partial charge on any atom is 0.309 e. The van der Waals surface area contributed by atoms with Gasteiger partial charge in [-0.05, 0) is 13.8 Å². The van der Waals surface area contributed by atoms with E-state index in [1.807, 2.05) is 6.92 Å². The summed E-state index contributed by atoms with van der Waals surface area (Å²) in [6, 6.07) is 0.732. The number of hydrogen-bond acceptors (Lipinski definition) is 4. The minimum absolute atomic E-state index is 0.0597. The van der Waals surface area contributed by atoms with Crippen molar-refractivity contribution in [3.8, 4) is 0 Å². The summed E-state index contributed by atoms with van der Waals surface area (Å²) in [6.07, 6.45) is 0. The maximum absolute atomic E-state index is 11.4. The van der Waals surface area contributed by atoms with Crippen LogP contribution in [0, 0.1) is 5.92 Å². The zero-order valence-electron chi connectivity index (χ0n) is 10.1. The first-order valence-electron chi connectivity index (χ1n) is 5.62. The first-order valence-corrected chi connectivity index (χ1v) is 5.62. The number of rotatable bonds is 3. The van der Waals surface area contributed by atoms with Crippen LogP contribution in [-0.4, -0.2) is 49.7 Å². The molecule has 1 N–H and O–H groups in total. The highest BCUT2D eigenvalue weighted by molar-refractivity contribution is 5.72. The second-order valence-corrected chi connectivity index (χ2v) is 4.34. The molecule has 2 unspecified atom stereocenters. The number of methoxy groups -OCH3 is 1. The fourth-order valence-corrected chi connectivity index (χ4v) is 2.13. The van der Waals surface area contributed by atoms with Crippen LogP contribution in [0.4, 0.5) is 0 Å². The Kier molecular flexibility index (Phi) is 4.54.